The summed E-state index contributed by atoms with van der Waals surface area (Å²) in [6.45, 7) is 4.76. The summed E-state index contributed by atoms with van der Waals surface area (Å²) in [5.74, 6) is 0. The largest absolute Gasteiger partial charge is 0.456 e. The van der Waals surface area contributed by atoms with Gasteiger partial charge < -0.3 is 18.6 Å². The number of furan rings is 2. The standard InChI is InChI=1S/C75H52N2O2/c1-75(2)69-47-60(76(56-33-24-51(25-34-56)49-14-5-3-6-15-49)57-35-26-52(27-36-57)50-16-7-4-8-17-50)41-44-63(69)64-45-42-61(48-70(64)75)77(58-37-28-53(29-38-58)55-32-43-67-65-18-9-11-22-71(65)78-73(67)46-55)59-39-30-54(31-40-59)62-20-13-21-68-66-19-10-12-23-72(66)79-74(62)68/h3-48H,1-2H3. The fourth-order valence-electron chi connectivity index (χ4n) is 12.2. The first kappa shape index (κ1) is 46.2. The van der Waals surface area contributed by atoms with Crippen molar-refractivity contribution in [1.82, 2.24) is 0 Å². The van der Waals surface area contributed by atoms with Gasteiger partial charge in [0.2, 0.25) is 0 Å². The van der Waals surface area contributed by atoms with Gasteiger partial charge in [0, 0.05) is 66.6 Å². The highest BCUT2D eigenvalue weighted by Gasteiger charge is 2.37. The maximum absolute atomic E-state index is 6.51. The lowest BCUT2D eigenvalue weighted by molar-refractivity contribution is 0.660. The molecule has 0 N–H and O–H groups in total. The van der Waals surface area contributed by atoms with E-state index in [-0.39, 0.29) is 5.41 Å². The number of hydrogen-bond acceptors (Lipinski definition) is 4. The Morgan fingerprint density at radius 1 is 0.253 bits per heavy atom. The summed E-state index contributed by atoms with van der Waals surface area (Å²) in [4.78, 5) is 4.79. The summed E-state index contributed by atoms with van der Waals surface area (Å²) in [6, 6.07) is 101. The molecule has 1 aliphatic rings. The smallest absolute Gasteiger partial charge is 0.143 e. The van der Waals surface area contributed by atoms with Crippen LogP contribution in [0.1, 0.15) is 25.0 Å². The van der Waals surface area contributed by atoms with Crippen molar-refractivity contribution in [2.24, 2.45) is 0 Å². The van der Waals surface area contributed by atoms with Crippen LogP contribution in [-0.2, 0) is 5.41 Å². The van der Waals surface area contributed by atoms with E-state index in [2.05, 4.69) is 278 Å². The summed E-state index contributed by atoms with van der Waals surface area (Å²) in [6.07, 6.45) is 0. The molecule has 14 aromatic rings. The third-order valence-corrected chi connectivity index (χ3v) is 16.3. The Hall–Kier alpha value is -10.2. The summed E-state index contributed by atoms with van der Waals surface area (Å²) >= 11 is 0. The Kier molecular flexibility index (Phi) is 10.8. The number of nitrogens with zero attached hydrogens (tertiary/aromatic N) is 2. The van der Waals surface area contributed by atoms with E-state index in [1.807, 2.05) is 24.3 Å². The van der Waals surface area contributed by atoms with Crippen LogP contribution in [0.5, 0.6) is 0 Å². The van der Waals surface area contributed by atoms with Crippen LogP contribution in [-0.4, -0.2) is 0 Å². The number of rotatable bonds is 10. The zero-order valence-electron chi connectivity index (χ0n) is 43.8. The molecule has 79 heavy (non-hydrogen) atoms. The molecule has 12 aromatic carbocycles. The van der Waals surface area contributed by atoms with E-state index in [0.717, 1.165) is 100 Å². The summed E-state index contributed by atoms with van der Waals surface area (Å²) in [7, 11) is 0. The van der Waals surface area contributed by atoms with E-state index < -0.39 is 0 Å². The molecule has 0 aliphatic heterocycles. The molecular weight excluding hydrogens is 961 g/mol. The van der Waals surface area contributed by atoms with E-state index in [9.17, 15) is 0 Å². The van der Waals surface area contributed by atoms with Gasteiger partial charge in [0.1, 0.15) is 22.3 Å². The van der Waals surface area contributed by atoms with Gasteiger partial charge in [0.05, 0.1) is 0 Å². The SMILES string of the molecule is CC1(C)c2cc(N(c3ccc(-c4ccccc4)cc3)c3ccc(-c4ccccc4)cc3)ccc2-c2ccc(N(c3ccc(-c4ccc5c(c4)oc4ccccc45)cc3)c3ccc(-c4cccc5c4oc4ccccc45)cc3)cc21. The van der Waals surface area contributed by atoms with Gasteiger partial charge in [0.15, 0.2) is 0 Å². The number of hydrogen-bond donors (Lipinski definition) is 0. The van der Waals surface area contributed by atoms with Crippen LogP contribution in [0, 0.1) is 0 Å². The molecular formula is C75H52N2O2. The van der Waals surface area contributed by atoms with Crippen LogP contribution in [0.3, 0.4) is 0 Å². The van der Waals surface area contributed by atoms with E-state index in [1.165, 1.54) is 44.5 Å². The molecule has 2 aromatic heterocycles. The van der Waals surface area contributed by atoms with Gasteiger partial charge in [0.25, 0.3) is 0 Å². The second kappa shape index (κ2) is 18.5. The van der Waals surface area contributed by atoms with Crippen LogP contribution in [0.2, 0.25) is 0 Å². The third-order valence-electron chi connectivity index (χ3n) is 16.3. The molecule has 0 saturated heterocycles. The summed E-state index contributed by atoms with van der Waals surface area (Å²) in [5.41, 5.74) is 24.0. The van der Waals surface area contributed by atoms with Crippen molar-refractivity contribution >= 4 is 78.0 Å². The Balaban J connectivity index is 0.812. The Labute approximate surface area is 459 Å². The number of anilines is 6. The van der Waals surface area contributed by atoms with Crippen LogP contribution in [0.25, 0.3) is 99.5 Å². The first-order chi connectivity index (χ1) is 38.9. The number of benzene rings is 12. The Morgan fingerprint density at radius 2 is 0.633 bits per heavy atom. The van der Waals surface area contributed by atoms with Crippen LogP contribution >= 0.6 is 0 Å². The van der Waals surface area contributed by atoms with Crippen LogP contribution in [0.15, 0.2) is 288 Å². The number of fused-ring (bicyclic) bond motifs is 9. The predicted octanol–water partition coefficient (Wildman–Crippen LogP) is 21.4. The normalized spacial score (nSPS) is 12.5. The fourth-order valence-corrected chi connectivity index (χ4v) is 12.2. The molecule has 0 atom stereocenters. The highest BCUT2D eigenvalue weighted by Crippen LogP contribution is 2.53. The van der Waals surface area contributed by atoms with E-state index in [0.29, 0.717) is 0 Å². The zero-order chi connectivity index (χ0) is 52.6. The molecule has 4 nitrogen and oxygen atoms in total. The minimum atomic E-state index is -0.323. The molecule has 4 heteroatoms. The fraction of sp³-hybridized carbons (Fsp3) is 0.0400. The van der Waals surface area contributed by atoms with E-state index in [1.54, 1.807) is 0 Å². The first-order valence-electron chi connectivity index (χ1n) is 27.1. The molecule has 0 spiro atoms. The molecule has 0 unspecified atom stereocenters. The van der Waals surface area contributed by atoms with Crippen molar-refractivity contribution in [3.8, 4) is 55.6 Å². The molecule has 15 rings (SSSR count). The molecule has 0 radical (unpaired) electrons. The maximum atomic E-state index is 6.51. The van der Waals surface area contributed by atoms with Gasteiger partial charge in [-0.25, -0.2) is 0 Å². The Bertz CT molecular complexity index is 4510. The summed E-state index contributed by atoms with van der Waals surface area (Å²) < 4.78 is 12.8. The predicted molar refractivity (Wildman–Crippen MR) is 330 cm³/mol. The van der Waals surface area contributed by atoms with Gasteiger partial charge in [-0.1, -0.05) is 196 Å². The summed E-state index contributed by atoms with van der Waals surface area (Å²) in [5, 5.41) is 4.50. The van der Waals surface area contributed by atoms with Crippen molar-refractivity contribution in [1.29, 1.82) is 0 Å². The average Bonchev–Trinajstić information content (AvgIpc) is 4.23. The first-order valence-corrected chi connectivity index (χ1v) is 27.1. The molecule has 0 amide bonds. The van der Waals surface area contributed by atoms with Crippen molar-refractivity contribution < 1.29 is 8.83 Å². The van der Waals surface area contributed by atoms with Gasteiger partial charge >= 0.3 is 0 Å². The highest BCUT2D eigenvalue weighted by atomic mass is 16.3. The lowest BCUT2D eigenvalue weighted by Crippen LogP contribution is -2.17. The molecule has 0 bridgehead atoms. The van der Waals surface area contributed by atoms with Crippen LogP contribution < -0.4 is 9.80 Å². The lowest BCUT2D eigenvalue weighted by atomic mass is 9.82. The maximum Gasteiger partial charge on any atom is 0.143 e. The second-order valence-corrected chi connectivity index (χ2v) is 21.3. The highest BCUT2D eigenvalue weighted by molar-refractivity contribution is 6.10. The number of para-hydroxylation sites is 3. The van der Waals surface area contributed by atoms with E-state index >= 15 is 0 Å². The molecule has 374 valence electrons. The molecule has 1 aliphatic carbocycles. The molecule has 0 fully saturated rings. The minimum Gasteiger partial charge on any atom is -0.456 e. The Morgan fingerprint density at radius 3 is 1.15 bits per heavy atom. The topological polar surface area (TPSA) is 32.8 Å². The van der Waals surface area contributed by atoms with Gasteiger partial charge in [-0.05, 0) is 158 Å². The second-order valence-electron chi connectivity index (χ2n) is 21.3. The third kappa shape index (κ3) is 7.91. The van der Waals surface area contributed by atoms with Gasteiger partial charge in [-0.15, -0.1) is 0 Å². The van der Waals surface area contributed by atoms with E-state index in [4.69, 9.17) is 8.83 Å². The quantitative estimate of drug-likeness (QED) is 0.137. The van der Waals surface area contributed by atoms with Gasteiger partial charge in [-0.3, -0.25) is 0 Å². The minimum absolute atomic E-state index is 0.323. The zero-order valence-corrected chi connectivity index (χ0v) is 43.8. The monoisotopic (exact) mass is 1010 g/mol. The van der Waals surface area contributed by atoms with Crippen molar-refractivity contribution in [3.63, 3.8) is 0 Å². The van der Waals surface area contributed by atoms with Crippen molar-refractivity contribution in [2.75, 3.05) is 9.80 Å². The average molecular weight is 1010 g/mol. The molecule has 0 saturated carbocycles. The van der Waals surface area contributed by atoms with Crippen LogP contribution in [0.4, 0.5) is 34.1 Å². The molecule has 2 heterocycles. The lowest BCUT2D eigenvalue weighted by Gasteiger charge is -2.29. The van der Waals surface area contributed by atoms with Crippen molar-refractivity contribution in [2.45, 2.75) is 19.3 Å². The van der Waals surface area contributed by atoms with Crippen molar-refractivity contribution in [3.05, 3.63) is 290 Å². The van der Waals surface area contributed by atoms with Gasteiger partial charge in [-0.2, -0.15) is 0 Å².